The Morgan fingerprint density at radius 2 is 1.25 bits per heavy atom. The van der Waals surface area contributed by atoms with E-state index in [-0.39, 0.29) is 6.17 Å². The monoisotopic (exact) mass is 748 g/mol. The van der Waals surface area contributed by atoms with Gasteiger partial charge >= 0.3 is 0 Å². The van der Waals surface area contributed by atoms with E-state index in [1.54, 1.807) is 0 Å². The van der Waals surface area contributed by atoms with Gasteiger partial charge in [0.05, 0.1) is 11.0 Å². The molecular formula is C51H32N4OS. The maximum atomic E-state index is 6.51. The Balaban J connectivity index is 0.973. The molecule has 0 aliphatic carbocycles. The van der Waals surface area contributed by atoms with Crippen LogP contribution in [0.1, 0.15) is 22.9 Å². The van der Waals surface area contributed by atoms with E-state index in [9.17, 15) is 0 Å². The molecule has 0 saturated carbocycles. The van der Waals surface area contributed by atoms with E-state index in [2.05, 4.69) is 168 Å². The highest BCUT2D eigenvalue weighted by Crippen LogP contribution is 2.42. The molecule has 268 valence electrons. The van der Waals surface area contributed by atoms with E-state index in [1.165, 1.54) is 42.0 Å². The zero-order valence-corrected chi connectivity index (χ0v) is 31.4. The molecule has 0 spiro atoms. The first-order valence-electron chi connectivity index (χ1n) is 19.2. The molecule has 12 rings (SSSR count). The molecule has 11 aromatic rings. The van der Waals surface area contributed by atoms with Crippen molar-refractivity contribution >= 4 is 86.9 Å². The molecule has 57 heavy (non-hydrogen) atoms. The van der Waals surface area contributed by atoms with Crippen LogP contribution in [0.2, 0.25) is 0 Å². The molecule has 3 aromatic heterocycles. The number of rotatable bonds is 5. The van der Waals surface area contributed by atoms with Crippen LogP contribution in [-0.4, -0.2) is 16.2 Å². The summed E-state index contributed by atoms with van der Waals surface area (Å²) in [5.74, 6) is 1.54. The Labute approximate surface area is 331 Å². The SMILES string of the molecule is c1ccc(C2=NC(c3ccc4c(c3)sc3ccc(-c5cccc6oc7ccc(-n8c9ccccc9c9ccccc98)cc7c56)cc34)=NC(c3ccccc3)N2)cc1. The Kier molecular flexibility index (Phi) is 7.09. The number of para-hydroxylation sites is 2. The second-order valence-electron chi connectivity index (χ2n) is 14.6. The molecule has 0 bridgehead atoms. The maximum absolute atomic E-state index is 6.51. The first-order chi connectivity index (χ1) is 28.2. The fraction of sp³-hybridized carbons (Fsp3) is 0.0196. The van der Waals surface area contributed by atoms with Gasteiger partial charge in [-0.25, -0.2) is 9.98 Å². The van der Waals surface area contributed by atoms with Gasteiger partial charge in [-0.05, 0) is 71.3 Å². The number of benzene rings is 8. The molecule has 0 fully saturated rings. The van der Waals surface area contributed by atoms with Crippen molar-refractivity contribution < 1.29 is 4.42 Å². The summed E-state index contributed by atoms with van der Waals surface area (Å²) in [5.41, 5.74) is 10.7. The number of aromatic nitrogens is 1. The lowest BCUT2D eigenvalue weighted by Gasteiger charge is -2.23. The Bertz CT molecular complexity index is 3390. The van der Waals surface area contributed by atoms with Crippen molar-refractivity contribution in [3.8, 4) is 16.8 Å². The zero-order chi connectivity index (χ0) is 37.5. The number of nitrogens with one attached hydrogen (secondary N) is 1. The van der Waals surface area contributed by atoms with Gasteiger partial charge in [0.1, 0.15) is 23.2 Å². The van der Waals surface area contributed by atoms with Gasteiger partial charge in [0.15, 0.2) is 5.84 Å². The zero-order valence-electron chi connectivity index (χ0n) is 30.6. The summed E-state index contributed by atoms with van der Waals surface area (Å²) < 4.78 is 11.3. The van der Waals surface area contributed by atoms with Crippen molar-refractivity contribution in [2.45, 2.75) is 6.17 Å². The lowest BCUT2D eigenvalue weighted by atomic mass is 9.97. The molecular weight excluding hydrogens is 717 g/mol. The maximum Gasteiger partial charge on any atom is 0.159 e. The highest BCUT2D eigenvalue weighted by atomic mass is 32.1. The average molecular weight is 749 g/mol. The molecule has 0 saturated heterocycles. The van der Waals surface area contributed by atoms with Crippen molar-refractivity contribution in [1.29, 1.82) is 0 Å². The molecule has 5 nitrogen and oxygen atoms in total. The van der Waals surface area contributed by atoms with Gasteiger partial charge in [-0.2, -0.15) is 0 Å². The fourth-order valence-electron chi connectivity index (χ4n) is 8.61. The Morgan fingerprint density at radius 1 is 0.509 bits per heavy atom. The molecule has 0 radical (unpaired) electrons. The summed E-state index contributed by atoms with van der Waals surface area (Å²) in [6.07, 6.45) is -0.241. The second kappa shape index (κ2) is 12.6. The normalized spacial score (nSPS) is 14.5. The van der Waals surface area contributed by atoms with Gasteiger partial charge < -0.3 is 14.3 Å². The van der Waals surface area contributed by atoms with Crippen molar-refractivity contribution in [3.63, 3.8) is 0 Å². The minimum Gasteiger partial charge on any atom is -0.456 e. The quantitative estimate of drug-likeness (QED) is 0.191. The van der Waals surface area contributed by atoms with Crippen LogP contribution in [0.25, 0.3) is 80.7 Å². The molecule has 1 aliphatic heterocycles. The van der Waals surface area contributed by atoms with Gasteiger partial charge in [-0.1, -0.05) is 127 Å². The molecule has 8 aromatic carbocycles. The highest BCUT2D eigenvalue weighted by Gasteiger charge is 2.22. The number of hydrogen-bond acceptors (Lipinski definition) is 5. The Morgan fingerprint density at radius 3 is 2.05 bits per heavy atom. The molecule has 0 amide bonds. The van der Waals surface area contributed by atoms with Gasteiger partial charge in [-0.3, -0.25) is 0 Å². The van der Waals surface area contributed by atoms with Crippen LogP contribution in [0.5, 0.6) is 0 Å². The van der Waals surface area contributed by atoms with E-state index in [0.29, 0.717) is 0 Å². The van der Waals surface area contributed by atoms with E-state index in [0.717, 1.165) is 67.1 Å². The number of hydrogen-bond donors (Lipinski definition) is 1. The number of thiophene rings is 1. The summed E-state index contributed by atoms with van der Waals surface area (Å²) in [4.78, 5) is 10.2. The first kappa shape index (κ1) is 32.0. The lowest BCUT2D eigenvalue weighted by molar-refractivity contribution is 0.669. The summed E-state index contributed by atoms with van der Waals surface area (Å²) in [5, 5.41) is 10.8. The summed E-state index contributed by atoms with van der Waals surface area (Å²) >= 11 is 1.81. The predicted octanol–water partition coefficient (Wildman–Crippen LogP) is 13.2. The van der Waals surface area contributed by atoms with Crippen LogP contribution in [0.15, 0.2) is 196 Å². The smallest absolute Gasteiger partial charge is 0.159 e. The van der Waals surface area contributed by atoms with Gasteiger partial charge in [0.25, 0.3) is 0 Å². The van der Waals surface area contributed by atoms with E-state index < -0.39 is 0 Å². The van der Waals surface area contributed by atoms with Gasteiger partial charge in [0.2, 0.25) is 0 Å². The van der Waals surface area contributed by atoms with Crippen LogP contribution in [0, 0.1) is 0 Å². The van der Waals surface area contributed by atoms with Crippen LogP contribution in [-0.2, 0) is 0 Å². The molecule has 1 atom stereocenters. The number of amidine groups is 2. The number of aliphatic imine (C=N–C) groups is 2. The third kappa shape index (κ3) is 5.15. The predicted molar refractivity (Wildman–Crippen MR) is 238 cm³/mol. The fourth-order valence-corrected chi connectivity index (χ4v) is 9.73. The van der Waals surface area contributed by atoms with Crippen LogP contribution < -0.4 is 5.32 Å². The van der Waals surface area contributed by atoms with Crippen molar-refractivity contribution in [2.24, 2.45) is 9.98 Å². The van der Waals surface area contributed by atoms with E-state index in [1.807, 2.05) is 35.6 Å². The topological polar surface area (TPSA) is 54.8 Å². The largest absolute Gasteiger partial charge is 0.456 e. The third-order valence-corrected chi connectivity index (χ3v) is 12.4. The first-order valence-corrected chi connectivity index (χ1v) is 20.0. The van der Waals surface area contributed by atoms with Crippen molar-refractivity contribution in [1.82, 2.24) is 9.88 Å². The molecule has 4 heterocycles. The van der Waals surface area contributed by atoms with Gasteiger partial charge in [0, 0.05) is 58.5 Å². The summed E-state index contributed by atoms with van der Waals surface area (Å²) in [6, 6.07) is 64.4. The second-order valence-corrected chi connectivity index (χ2v) is 15.7. The third-order valence-electron chi connectivity index (χ3n) is 11.3. The Hall–Kier alpha value is -7.28. The van der Waals surface area contributed by atoms with Gasteiger partial charge in [-0.15, -0.1) is 11.3 Å². The van der Waals surface area contributed by atoms with Crippen LogP contribution >= 0.6 is 11.3 Å². The highest BCUT2D eigenvalue weighted by molar-refractivity contribution is 7.25. The van der Waals surface area contributed by atoms with Crippen molar-refractivity contribution in [3.05, 3.63) is 199 Å². The lowest BCUT2D eigenvalue weighted by Crippen LogP contribution is -2.33. The summed E-state index contributed by atoms with van der Waals surface area (Å²) in [6.45, 7) is 0. The average Bonchev–Trinajstić information content (AvgIpc) is 3.95. The molecule has 6 heteroatoms. The minimum atomic E-state index is -0.241. The van der Waals surface area contributed by atoms with E-state index in [4.69, 9.17) is 14.4 Å². The minimum absolute atomic E-state index is 0.241. The number of furan rings is 1. The number of nitrogens with zero attached hydrogens (tertiary/aromatic N) is 3. The molecule has 1 unspecified atom stereocenters. The van der Waals surface area contributed by atoms with Crippen LogP contribution in [0.3, 0.4) is 0 Å². The standard InChI is InChI=1S/C51H32N4OS/c1-3-12-31(13-4-1)49-52-50(32-14-5-2-6-15-32)54-51(53-49)34-22-25-39-40-28-33(23-27-46(40)57-47(39)29-34)36-18-11-21-45-48(36)41-30-35(24-26-44(41)56-45)55-42-19-9-7-16-37(42)38-17-8-10-20-43(38)55/h1-30,49H,(H,52,53,54). The number of fused-ring (bicyclic) bond motifs is 9. The molecule has 1 N–H and O–H groups in total. The van der Waals surface area contributed by atoms with E-state index >= 15 is 0 Å². The summed E-state index contributed by atoms with van der Waals surface area (Å²) in [7, 11) is 0. The van der Waals surface area contributed by atoms with Crippen molar-refractivity contribution in [2.75, 3.05) is 0 Å². The molecule has 1 aliphatic rings. The van der Waals surface area contributed by atoms with Crippen LogP contribution in [0.4, 0.5) is 0 Å².